The molecule has 1 rings (SSSR count). The van der Waals surface area contributed by atoms with Crippen molar-refractivity contribution in [3.8, 4) is 6.07 Å². The molecule has 0 saturated heterocycles. The summed E-state index contributed by atoms with van der Waals surface area (Å²) in [6.07, 6.45) is 0.437. The molecule has 1 amide bonds. The lowest BCUT2D eigenvalue weighted by molar-refractivity contribution is -0.124. The Labute approximate surface area is 113 Å². The van der Waals surface area contributed by atoms with Crippen molar-refractivity contribution < 1.29 is 9.53 Å². The van der Waals surface area contributed by atoms with Crippen LogP contribution in [0.15, 0.2) is 18.2 Å². The molecule has 2 N–H and O–H groups in total. The second-order valence-corrected chi connectivity index (χ2v) is 4.17. The largest absolute Gasteiger partial charge is 0.383 e. The third kappa shape index (κ3) is 4.27. The van der Waals surface area contributed by atoms with E-state index in [0.717, 1.165) is 18.7 Å². The molecule has 102 valence electrons. The van der Waals surface area contributed by atoms with Crippen LogP contribution in [0.25, 0.3) is 0 Å². The van der Waals surface area contributed by atoms with Gasteiger partial charge in [0.25, 0.3) is 5.91 Å². The minimum absolute atomic E-state index is 0.239. The quantitative estimate of drug-likeness (QED) is 0.824. The molecule has 0 fully saturated rings. The second kappa shape index (κ2) is 7.39. The molecule has 19 heavy (non-hydrogen) atoms. The van der Waals surface area contributed by atoms with E-state index in [-0.39, 0.29) is 5.91 Å². The average Bonchev–Trinajstić information content (AvgIpc) is 2.44. The van der Waals surface area contributed by atoms with Crippen LogP contribution in [0, 0.1) is 11.3 Å². The highest BCUT2D eigenvalue weighted by Gasteiger charge is 2.14. The van der Waals surface area contributed by atoms with Crippen LogP contribution in [-0.2, 0) is 9.53 Å². The summed E-state index contributed by atoms with van der Waals surface area (Å²) in [6.45, 7) is 4.53. The SMILES string of the molecule is CCCNc1ccc(C#N)cc1NC(=O)[C@@H](C)OC. The van der Waals surface area contributed by atoms with Gasteiger partial charge in [-0.2, -0.15) is 5.26 Å². The highest BCUT2D eigenvalue weighted by molar-refractivity contribution is 5.97. The Kier molecular flexibility index (Phi) is 5.83. The van der Waals surface area contributed by atoms with Crippen LogP contribution in [0.5, 0.6) is 0 Å². The van der Waals surface area contributed by atoms with Gasteiger partial charge in [0.05, 0.1) is 23.0 Å². The molecule has 0 unspecified atom stereocenters. The standard InChI is InChI=1S/C14H19N3O2/c1-4-7-16-12-6-5-11(9-15)8-13(12)17-14(18)10(2)19-3/h5-6,8,10,16H,4,7H2,1-3H3,(H,17,18)/t10-/m1/s1. The molecule has 1 atom stereocenters. The molecule has 0 aliphatic rings. The molecule has 0 aromatic heterocycles. The maximum Gasteiger partial charge on any atom is 0.253 e. The number of nitriles is 1. The summed E-state index contributed by atoms with van der Waals surface area (Å²) in [6, 6.07) is 7.22. The van der Waals surface area contributed by atoms with Crippen LogP contribution in [0.1, 0.15) is 25.8 Å². The summed E-state index contributed by atoms with van der Waals surface area (Å²) in [5.74, 6) is -0.239. The summed E-state index contributed by atoms with van der Waals surface area (Å²) in [5, 5.41) is 14.9. The van der Waals surface area contributed by atoms with Gasteiger partial charge in [0.2, 0.25) is 0 Å². The lowest BCUT2D eigenvalue weighted by atomic mass is 10.1. The molecule has 1 aromatic rings. The van der Waals surface area contributed by atoms with E-state index >= 15 is 0 Å². The van der Waals surface area contributed by atoms with Crippen LogP contribution >= 0.6 is 0 Å². The summed E-state index contributed by atoms with van der Waals surface area (Å²) in [5.41, 5.74) is 1.90. The van der Waals surface area contributed by atoms with Gasteiger partial charge in [-0.1, -0.05) is 6.92 Å². The van der Waals surface area contributed by atoms with E-state index in [0.29, 0.717) is 11.3 Å². The molecule has 5 nitrogen and oxygen atoms in total. The zero-order valence-electron chi connectivity index (χ0n) is 11.5. The predicted molar refractivity (Wildman–Crippen MR) is 75.0 cm³/mol. The number of carbonyl (C=O) groups excluding carboxylic acids is 1. The number of anilines is 2. The van der Waals surface area contributed by atoms with E-state index in [4.69, 9.17) is 10.00 Å². The minimum atomic E-state index is -0.537. The van der Waals surface area contributed by atoms with E-state index in [2.05, 4.69) is 23.6 Å². The summed E-state index contributed by atoms with van der Waals surface area (Å²) in [7, 11) is 1.48. The molecular formula is C14H19N3O2. The number of hydrogen-bond acceptors (Lipinski definition) is 4. The fraction of sp³-hybridized carbons (Fsp3) is 0.429. The van der Waals surface area contributed by atoms with E-state index < -0.39 is 6.10 Å². The van der Waals surface area contributed by atoms with Gasteiger partial charge in [0, 0.05) is 13.7 Å². The lowest BCUT2D eigenvalue weighted by Crippen LogP contribution is -2.27. The third-order valence-corrected chi connectivity index (χ3v) is 2.69. The van der Waals surface area contributed by atoms with E-state index in [1.165, 1.54) is 7.11 Å². The molecule has 0 aliphatic carbocycles. The Hall–Kier alpha value is -2.06. The summed E-state index contributed by atoms with van der Waals surface area (Å²) >= 11 is 0. The van der Waals surface area contributed by atoms with Gasteiger partial charge in [-0.3, -0.25) is 4.79 Å². The van der Waals surface area contributed by atoms with Crippen LogP contribution in [-0.4, -0.2) is 25.7 Å². The minimum Gasteiger partial charge on any atom is -0.383 e. The number of nitrogens with one attached hydrogen (secondary N) is 2. The molecular weight excluding hydrogens is 242 g/mol. The van der Waals surface area contributed by atoms with Gasteiger partial charge in [0.15, 0.2) is 0 Å². The fourth-order valence-corrected chi connectivity index (χ4v) is 1.47. The van der Waals surface area contributed by atoms with Gasteiger partial charge in [-0.15, -0.1) is 0 Å². The number of amides is 1. The maximum absolute atomic E-state index is 11.8. The number of rotatable bonds is 6. The first-order chi connectivity index (χ1) is 9.12. The van der Waals surface area contributed by atoms with Gasteiger partial charge >= 0.3 is 0 Å². The van der Waals surface area contributed by atoms with Crippen molar-refractivity contribution in [2.45, 2.75) is 26.4 Å². The van der Waals surface area contributed by atoms with E-state index in [9.17, 15) is 4.79 Å². The number of nitrogens with zero attached hydrogens (tertiary/aromatic N) is 1. The number of benzene rings is 1. The van der Waals surface area contributed by atoms with E-state index in [1.807, 2.05) is 0 Å². The van der Waals surface area contributed by atoms with Crippen molar-refractivity contribution >= 4 is 17.3 Å². The summed E-state index contributed by atoms with van der Waals surface area (Å²) in [4.78, 5) is 11.8. The molecule has 0 saturated carbocycles. The van der Waals surface area contributed by atoms with E-state index in [1.54, 1.807) is 25.1 Å². The van der Waals surface area contributed by atoms with Crippen molar-refractivity contribution in [2.24, 2.45) is 0 Å². The van der Waals surface area contributed by atoms with Gasteiger partial charge in [-0.05, 0) is 31.5 Å². The van der Waals surface area contributed by atoms with Gasteiger partial charge in [0.1, 0.15) is 6.10 Å². The van der Waals surface area contributed by atoms with Crippen molar-refractivity contribution in [1.82, 2.24) is 0 Å². The second-order valence-electron chi connectivity index (χ2n) is 4.17. The van der Waals surface area contributed by atoms with Crippen molar-refractivity contribution in [3.63, 3.8) is 0 Å². The van der Waals surface area contributed by atoms with Crippen molar-refractivity contribution in [1.29, 1.82) is 5.26 Å². The van der Waals surface area contributed by atoms with Gasteiger partial charge in [-0.25, -0.2) is 0 Å². The molecule has 1 aromatic carbocycles. The highest BCUT2D eigenvalue weighted by Crippen LogP contribution is 2.23. The van der Waals surface area contributed by atoms with Crippen molar-refractivity contribution in [3.05, 3.63) is 23.8 Å². The first-order valence-corrected chi connectivity index (χ1v) is 6.24. The Bertz CT molecular complexity index is 480. The third-order valence-electron chi connectivity index (χ3n) is 2.69. The average molecular weight is 261 g/mol. The Morgan fingerprint density at radius 1 is 1.47 bits per heavy atom. The summed E-state index contributed by atoms with van der Waals surface area (Å²) < 4.78 is 4.96. The van der Waals surface area contributed by atoms with Gasteiger partial charge < -0.3 is 15.4 Å². The normalized spacial score (nSPS) is 11.5. The van der Waals surface area contributed by atoms with Crippen LogP contribution in [0.2, 0.25) is 0 Å². The molecule has 0 bridgehead atoms. The smallest absolute Gasteiger partial charge is 0.253 e. The highest BCUT2D eigenvalue weighted by atomic mass is 16.5. The topological polar surface area (TPSA) is 74.2 Å². The Morgan fingerprint density at radius 3 is 2.79 bits per heavy atom. The monoisotopic (exact) mass is 261 g/mol. The Morgan fingerprint density at radius 2 is 2.21 bits per heavy atom. The van der Waals surface area contributed by atoms with Crippen molar-refractivity contribution in [2.75, 3.05) is 24.3 Å². The lowest BCUT2D eigenvalue weighted by Gasteiger charge is -2.15. The molecule has 0 spiro atoms. The fourth-order valence-electron chi connectivity index (χ4n) is 1.47. The molecule has 0 radical (unpaired) electrons. The predicted octanol–water partition coefficient (Wildman–Crippen LogP) is 2.35. The first kappa shape index (κ1) is 15.0. The Balaban J connectivity index is 2.94. The zero-order chi connectivity index (χ0) is 14.3. The molecule has 5 heteroatoms. The van der Waals surface area contributed by atoms with Crippen LogP contribution in [0.3, 0.4) is 0 Å². The number of hydrogen-bond donors (Lipinski definition) is 2. The van der Waals surface area contributed by atoms with Crippen LogP contribution < -0.4 is 10.6 Å². The number of ether oxygens (including phenoxy) is 1. The number of carbonyl (C=O) groups is 1. The number of methoxy groups -OCH3 is 1. The molecule has 0 aliphatic heterocycles. The maximum atomic E-state index is 11.8. The first-order valence-electron chi connectivity index (χ1n) is 6.24. The molecule has 0 heterocycles. The zero-order valence-corrected chi connectivity index (χ0v) is 11.5. The van der Waals surface area contributed by atoms with Crippen LogP contribution in [0.4, 0.5) is 11.4 Å².